The molecule has 0 fully saturated rings. The molecule has 0 saturated carbocycles. The van der Waals surface area contributed by atoms with Crippen molar-refractivity contribution < 1.29 is 9.59 Å². The van der Waals surface area contributed by atoms with E-state index in [0.29, 0.717) is 23.4 Å². The highest BCUT2D eigenvalue weighted by Crippen LogP contribution is 2.31. The zero-order chi connectivity index (χ0) is 24.2. The summed E-state index contributed by atoms with van der Waals surface area (Å²) in [7, 11) is 0. The maximum absolute atomic E-state index is 12.4. The Balaban J connectivity index is 1.29. The summed E-state index contributed by atoms with van der Waals surface area (Å²) in [6.45, 7) is 0. The Morgan fingerprint density at radius 3 is 2.51 bits per heavy atom. The van der Waals surface area contributed by atoms with Crippen LogP contribution in [0.5, 0.6) is 0 Å². The molecule has 0 saturated heterocycles. The van der Waals surface area contributed by atoms with Gasteiger partial charge in [-0.25, -0.2) is 4.98 Å². The number of hydrogen-bond donors (Lipinski definition) is 3. The zero-order valence-corrected chi connectivity index (χ0v) is 19.6. The van der Waals surface area contributed by atoms with E-state index in [9.17, 15) is 9.59 Å². The molecule has 0 unspecified atom stereocenters. The van der Waals surface area contributed by atoms with Gasteiger partial charge in [-0.1, -0.05) is 66.2 Å². The van der Waals surface area contributed by atoms with Gasteiger partial charge >= 0.3 is 0 Å². The number of fused-ring (bicyclic) bond motifs is 2. The Morgan fingerprint density at radius 1 is 0.857 bits per heavy atom. The first kappa shape index (κ1) is 22.6. The van der Waals surface area contributed by atoms with E-state index in [4.69, 9.17) is 16.6 Å². The summed E-state index contributed by atoms with van der Waals surface area (Å²) in [6, 6.07) is 26.9. The molecule has 0 aliphatic rings. The van der Waals surface area contributed by atoms with Crippen LogP contribution in [0.1, 0.15) is 28.8 Å². The monoisotopic (exact) mass is 482 g/mol. The Labute approximate surface area is 207 Å². The van der Waals surface area contributed by atoms with Crippen LogP contribution in [0, 0.1) is 0 Å². The normalized spacial score (nSPS) is 11.0. The lowest BCUT2D eigenvalue weighted by atomic mass is 10.0. The maximum Gasteiger partial charge on any atom is 0.271 e. The van der Waals surface area contributed by atoms with E-state index in [-0.39, 0.29) is 12.3 Å². The topological polar surface area (TPSA) is 86.9 Å². The predicted octanol–water partition coefficient (Wildman–Crippen LogP) is 5.82. The molecule has 2 aromatic heterocycles. The largest absolute Gasteiger partial charge is 0.353 e. The number of benzene rings is 3. The summed E-state index contributed by atoms with van der Waals surface area (Å²) in [5.41, 5.74) is 10.1. The minimum atomic E-state index is -0.453. The fourth-order valence-electron chi connectivity index (χ4n) is 4.21. The van der Waals surface area contributed by atoms with Crippen LogP contribution in [0.15, 0.2) is 84.9 Å². The Hall–Kier alpha value is -4.16. The lowest BCUT2D eigenvalue weighted by molar-refractivity contribution is -0.121. The SMILES string of the molecule is O=C(CCCc1c(-c2ccc3ccccc3n2)[nH]c2ccccc12)NNC(=O)c1ccccc1Cl. The molecule has 5 rings (SSSR count). The van der Waals surface area contributed by atoms with Crippen LogP contribution in [-0.2, 0) is 11.2 Å². The lowest BCUT2D eigenvalue weighted by Gasteiger charge is -2.09. The molecule has 0 spiro atoms. The smallest absolute Gasteiger partial charge is 0.271 e. The number of aromatic amines is 1. The minimum Gasteiger partial charge on any atom is -0.353 e. The molecular weight excluding hydrogens is 460 g/mol. The van der Waals surface area contributed by atoms with Gasteiger partial charge in [-0.05, 0) is 48.7 Å². The molecule has 35 heavy (non-hydrogen) atoms. The molecule has 0 bridgehead atoms. The number of aryl methyl sites for hydroxylation is 1. The summed E-state index contributed by atoms with van der Waals surface area (Å²) in [5, 5.41) is 2.53. The molecule has 0 aliphatic heterocycles. The second-order valence-electron chi connectivity index (χ2n) is 8.25. The fourth-order valence-corrected chi connectivity index (χ4v) is 4.43. The van der Waals surface area contributed by atoms with Crippen molar-refractivity contribution in [3.63, 3.8) is 0 Å². The van der Waals surface area contributed by atoms with Gasteiger partial charge in [-0.2, -0.15) is 0 Å². The van der Waals surface area contributed by atoms with Crippen molar-refractivity contribution in [1.82, 2.24) is 20.8 Å². The average Bonchev–Trinajstić information content (AvgIpc) is 3.26. The molecule has 0 radical (unpaired) electrons. The van der Waals surface area contributed by atoms with Gasteiger partial charge in [0.2, 0.25) is 5.91 Å². The summed E-state index contributed by atoms with van der Waals surface area (Å²) in [5.74, 6) is -0.721. The number of carbonyl (C=O) groups excluding carboxylic acids is 2. The molecule has 7 heteroatoms. The lowest BCUT2D eigenvalue weighted by Crippen LogP contribution is -2.41. The predicted molar refractivity (Wildman–Crippen MR) is 139 cm³/mol. The van der Waals surface area contributed by atoms with E-state index in [1.807, 2.05) is 48.5 Å². The van der Waals surface area contributed by atoms with E-state index in [1.165, 1.54) is 0 Å². The van der Waals surface area contributed by atoms with Gasteiger partial charge in [-0.3, -0.25) is 20.4 Å². The Morgan fingerprint density at radius 2 is 1.63 bits per heavy atom. The third kappa shape index (κ3) is 4.88. The Bertz CT molecular complexity index is 1540. The van der Waals surface area contributed by atoms with Crippen molar-refractivity contribution >= 4 is 45.2 Å². The first-order chi connectivity index (χ1) is 17.1. The highest BCUT2D eigenvalue weighted by molar-refractivity contribution is 6.33. The van der Waals surface area contributed by atoms with Gasteiger partial charge in [0.15, 0.2) is 0 Å². The molecule has 6 nitrogen and oxygen atoms in total. The second-order valence-corrected chi connectivity index (χ2v) is 8.66. The van der Waals surface area contributed by atoms with Crippen LogP contribution >= 0.6 is 11.6 Å². The minimum absolute atomic E-state index is 0.257. The van der Waals surface area contributed by atoms with Crippen molar-refractivity contribution in [2.45, 2.75) is 19.3 Å². The highest BCUT2D eigenvalue weighted by Gasteiger charge is 2.15. The van der Waals surface area contributed by atoms with Crippen LogP contribution < -0.4 is 10.9 Å². The van der Waals surface area contributed by atoms with Crippen LogP contribution in [0.2, 0.25) is 5.02 Å². The van der Waals surface area contributed by atoms with Crippen molar-refractivity contribution in [2.24, 2.45) is 0 Å². The molecule has 0 atom stereocenters. The van der Waals surface area contributed by atoms with Crippen LogP contribution in [0.4, 0.5) is 0 Å². The number of nitrogens with zero attached hydrogens (tertiary/aromatic N) is 1. The fraction of sp³-hybridized carbons (Fsp3) is 0.107. The van der Waals surface area contributed by atoms with E-state index in [0.717, 1.165) is 38.8 Å². The van der Waals surface area contributed by atoms with E-state index < -0.39 is 5.91 Å². The van der Waals surface area contributed by atoms with Gasteiger partial charge in [0, 0.05) is 22.7 Å². The van der Waals surface area contributed by atoms with E-state index >= 15 is 0 Å². The molecule has 2 heterocycles. The first-order valence-electron chi connectivity index (χ1n) is 11.4. The van der Waals surface area contributed by atoms with Crippen LogP contribution in [-0.4, -0.2) is 21.8 Å². The molecule has 0 aliphatic carbocycles. The third-order valence-corrected chi connectivity index (χ3v) is 6.26. The molecule has 3 aromatic carbocycles. The number of halogens is 1. The Kier molecular flexibility index (Phi) is 6.46. The third-order valence-electron chi connectivity index (χ3n) is 5.93. The number of carbonyl (C=O) groups is 2. The summed E-state index contributed by atoms with van der Waals surface area (Å²) in [6.07, 6.45) is 1.54. The van der Waals surface area contributed by atoms with Gasteiger partial charge in [0.05, 0.1) is 27.5 Å². The number of hydrazine groups is 1. The van der Waals surface area contributed by atoms with Crippen LogP contribution in [0.25, 0.3) is 33.2 Å². The summed E-state index contributed by atoms with van der Waals surface area (Å²) >= 11 is 6.04. The number of hydrogen-bond acceptors (Lipinski definition) is 3. The zero-order valence-electron chi connectivity index (χ0n) is 18.8. The number of aromatic nitrogens is 2. The quantitative estimate of drug-likeness (QED) is 0.266. The number of H-pyrrole nitrogens is 1. The summed E-state index contributed by atoms with van der Waals surface area (Å²) in [4.78, 5) is 33.0. The molecule has 5 aromatic rings. The molecule has 2 amide bonds. The standard InChI is InChI=1S/C28H23ClN4O2/c29-22-12-4-2-10-21(22)28(35)33-32-26(34)15-7-11-20-19-9-3-6-14-24(19)31-27(20)25-17-16-18-8-1-5-13-23(18)30-25/h1-6,8-10,12-14,16-17,31H,7,11,15H2,(H,32,34)(H,33,35). The molecule has 174 valence electrons. The number of pyridine rings is 1. The number of rotatable bonds is 6. The first-order valence-corrected chi connectivity index (χ1v) is 11.8. The second kappa shape index (κ2) is 9.99. The van der Waals surface area contributed by atoms with Gasteiger partial charge < -0.3 is 4.98 Å². The van der Waals surface area contributed by atoms with E-state index in [1.54, 1.807) is 24.3 Å². The average molecular weight is 483 g/mol. The number of para-hydroxylation sites is 2. The number of nitrogens with one attached hydrogen (secondary N) is 3. The maximum atomic E-state index is 12.4. The van der Waals surface area contributed by atoms with Crippen molar-refractivity contribution in [2.75, 3.05) is 0 Å². The van der Waals surface area contributed by atoms with E-state index in [2.05, 4.69) is 28.0 Å². The number of amides is 2. The summed E-state index contributed by atoms with van der Waals surface area (Å²) < 4.78 is 0. The van der Waals surface area contributed by atoms with Crippen LogP contribution in [0.3, 0.4) is 0 Å². The van der Waals surface area contributed by atoms with Crippen molar-refractivity contribution in [3.05, 3.63) is 101 Å². The highest BCUT2D eigenvalue weighted by atomic mass is 35.5. The van der Waals surface area contributed by atoms with Crippen molar-refractivity contribution in [1.29, 1.82) is 0 Å². The van der Waals surface area contributed by atoms with Gasteiger partial charge in [0.1, 0.15) is 0 Å². The molecular formula is C28H23ClN4O2. The van der Waals surface area contributed by atoms with Crippen molar-refractivity contribution in [3.8, 4) is 11.4 Å². The van der Waals surface area contributed by atoms with Gasteiger partial charge in [-0.15, -0.1) is 0 Å². The molecule has 3 N–H and O–H groups in total. The van der Waals surface area contributed by atoms with Gasteiger partial charge in [0.25, 0.3) is 5.91 Å².